The van der Waals surface area contributed by atoms with Gasteiger partial charge in [0.05, 0.1) is 23.4 Å². The van der Waals surface area contributed by atoms with Crippen molar-refractivity contribution in [1.29, 1.82) is 0 Å². The number of hydrogen-bond donors (Lipinski definition) is 2. The normalized spacial score (nSPS) is 11.2. The minimum absolute atomic E-state index is 0. The van der Waals surface area contributed by atoms with E-state index in [1.807, 2.05) is 36.4 Å². The van der Waals surface area contributed by atoms with Gasteiger partial charge in [0, 0.05) is 6.42 Å². The second-order valence-corrected chi connectivity index (χ2v) is 13.8. The quantitative estimate of drug-likeness (QED) is 0.104. The first-order valence-corrected chi connectivity index (χ1v) is 17.8. The molecule has 0 aliphatic rings. The molecule has 11 heteroatoms. The number of rotatable bonds is 16. The van der Waals surface area contributed by atoms with E-state index in [1.54, 1.807) is 53.2 Å². The number of aryl methyl sites for hydroxylation is 1. The molecule has 4 aromatic carbocycles. The largest absolute Gasteiger partial charge is 0.478 e. The molecule has 0 amide bonds. The molecule has 0 radical (unpaired) electrons. The van der Waals surface area contributed by atoms with Crippen LogP contribution in [0.5, 0.6) is 0 Å². The standard InChI is InChI=1S/C38H39N3O6S.H2O/c1-2-3-4-5-6-7-8-35-39-38(40-41(35)25-27-9-13-29(14-10-27)31-17-21-33(22-18-31)36(42)43)48(46,47)26-28-11-15-30(16-12-28)32-19-23-34(24-20-32)37(44)45;/h9-24H,2-8,25-26H2,1H3,(H,42,43)(H,44,45);1H2. The summed E-state index contributed by atoms with van der Waals surface area (Å²) >= 11 is 0. The molecule has 0 saturated heterocycles. The van der Waals surface area contributed by atoms with Crippen molar-refractivity contribution < 1.29 is 33.7 Å². The number of unbranched alkanes of at least 4 members (excludes halogenated alkanes) is 5. The molecule has 5 aromatic rings. The molecule has 256 valence electrons. The fourth-order valence-corrected chi connectivity index (χ4v) is 6.75. The van der Waals surface area contributed by atoms with Crippen molar-refractivity contribution in [1.82, 2.24) is 14.8 Å². The van der Waals surface area contributed by atoms with E-state index in [1.165, 1.54) is 31.4 Å². The van der Waals surface area contributed by atoms with E-state index < -0.39 is 21.8 Å². The van der Waals surface area contributed by atoms with Gasteiger partial charge in [0.2, 0.25) is 9.84 Å². The number of benzene rings is 4. The summed E-state index contributed by atoms with van der Waals surface area (Å²) in [6.07, 6.45) is 7.24. The molecule has 0 saturated carbocycles. The van der Waals surface area contributed by atoms with E-state index in [4.69, 9.17) is 5.11 Å². The number of carboxylic acid groups (broad SMARTS) is 2. The highest BCUT2D eigenvalue weighted by atomic mass is 32.2. The molecular weight excluding hydrogens is 642 g/mol. The SMILES string of the molecule is CCCCCCCCc1nc(S(=O)(=O)Cc2ccc(-c3ccc(C(=O)O)cc3)cc2)nn1Cc1ccc(-c2ccc(C(=O)O)cc2)cc1.O. The van der Waals surface area contributed by atoms with Crippen molar-refractivity contribution in [2.45, 2.75) is 69.3 Å². The van der Waals surface area contributed by atoms with E-state index >= 15 is 0 Å². The van der Waals surface area contributed by atoms with Crippen LogP contribution in [0, 0.1) is 0 Å². The Labute approximate surface area is 286 Å². The van der Waals surface area contributed by atoms with Gasteiger partial charge in [-0.25, -0.2) is 27.7 Å². The van der Waals surface area contributed by atoms with E-state index in [9.17, 15) is 23.1 Å². The Balaban J connectivity index is 0.00000541. The van der Waals surface area contributed by atoms with E-state index in [0.29, 0.717) is 24.4 Å². The summed E-state index contributed by atoms with van der Waals surface area (Å²) in [6, 6.07) is 28.2. The Hall–Kier alpha value is -5.13. The number of aromatic carboxylic acids is 2. The Kier molecular flexibility index (Phi) is 12.6. The molecule has 0 fully saturated rings. The summed E-state index contributed by atoms with van der Waals surface area (Å²) in [7, 11) is -3.85. The Morgan fingerprint density at radius 2 is 1.06 bits per heavy atom. The predicted octanol–water partition coefficient (Wildman–Crippen LogP) is 7.11. The van der Waals surface area contributed by atoms with Crippen molar-refractivity contribution in [2.75, 3.05) is 0 Å². The van der Waals surface area contributed by atoms with Crippen molar-refractivity contribution in [3.8, 4) is 22.3 Å². The smallest absolute Gasteiger partial charge is 0.335 e. The van der Waals surface area contributed by atoms with Crippen LogP contribution in [-0.4, -0.2) is 50.8 Å². The van der Waals surface area contributed by atoms with Gasteiger partial charge in [-0.05, 0) is 64.1 Å². The first-order chi connectivity index (χ1) is 23.1. The summed E-state index contributed by atoms with van der Waals surface area (Å²) in [6.45, 7) is 2.54. The Bertz CT molecular complexity index is 1950. The number of carbonyl (C=O) groups is 2. The van der Waals surface area contributed by atoms with Gasteiger partial charge in [-0.2, -0.15) is 0 Å². The minimum Gasteiger partial charge on any atom is -0.478 e. The van der Waals surface area contributed by atoms with Gasteiger partial charge in [0.1, 0.15) is 5.82 Å². The zero-order valence-corrected chi connectivity index (χ0v) is 28.2. The number of aromatic nitrogens is 3. The highest BCUT2D eigenvalue weighted by Gasteiger charge is 2.23. The van der Waals surface area contributed by atoms with Crippen LogP contribution in [0.2, 0.25) is 0 Å². The monoisotopic (exact) mass is 683 g/mol. The summed E-state index contributed by atoms with van der Waals surface area (Å²) in [5.41, 5.74) is 5.48. The molecule has 49 heavy (non-hydrogen) atoms. The molecule has 10 nitrogen and oxygen atoms in total. The van der Waals surface area contributed by atoms with E-state index in [0.717, 1.165) is 47.1 Å². The lowest BCUT2D eigenvalue weighted by Crippen LogP contribution is -2.09. The number of sulfone groups is 1. The third-order valence-electron chi connectivity index (χ3n) is 8.29. The van der Waals surface area contributed by atoms with Gasteiger partial charge >= 0.3 is 11.9 Å². The van der Waals surface area contributed by atoms with Crippen LogP contribution in [0.25, 0.3) is 22.3 Å². The van der Waals surface area contributed by atoms with Crippen molar-refractivity contribution >= 4 is 21.8 Å². The third kappa shape index (κ3) is 9.71. The second-order valence-electron chi connectivity index (χ2n) is 11.9. The van der Waals surface area contributed by atoms with Gasteiger partial charge in [0.15, 0.2) is 0 Å². The first kappa shape index (κ1) is 36.7. The molecular formula is C38H41N3O7S. The first-order valence-electron chi connectivity index (χ1n) is 16.1. The zero-order valence-electron chi connectivity index (χ0n) is 27.4. The molecule has 0 spiro atoms. The summed E-state index contributed by atoms with van der Waals surface area (Å²) in [5, 5.41) is 22.6. The number of nitrogens with zero attached hydrogens (tertiary/aromatic N) is 3. The van der Waals surface area contributed by atoms with Crippen LogP contribution in [0.4, 0.5) is 0 Å². The fourth-order valence-electron chi connectivity index (χ4n) is 5.52. The van der Waals surface area contributed by atoms with Gasteiger partial charge < -0.3 is 15.7 Å². The van der Waals surface area contributed by atoms with Crippen LogP contribution in [-0.2, 0) is 28.6 Å². The van der Waals surface area contributed by atoms with Gasteiger partial charge in [-0.1, -0.05) is 112 Å². The van der Waals surface area contributed by atoms with E-state index in [2.05, 4.69) is 17.0 Å². The van der Waals surface area contributed by atoms with E-state index in [-0.39, 0.29) is 27.5 Å². The second kappa shape index (κ2) is 16.8. The summed E-state index contributed by atoms with van der Waals surface area (Å²) in [4.78, 5) is 26.9. The van der Waals surface area contributed by atoms with Crippen LogP contribution in [0.1, 0.15) is 83.1 Å². The lowest BCUT2D eigenvalue weighted by molar-refractivity contribution is 0.0686. The van der Waals surface area contributed by atoms with Gasteiger partial charge in [0.25, 0.3) is 5.16 Å². The molecule has 1 heterocycles. The molecule has 4 N–H and O–H groups in total. The maximum absolute atomic E-state index is 13.6. The van der Waals surface area contributed by atoms with Crippen LogP contribution in [0.15, 0.2) is 102 Å². The third-order valence-corrected chi connectivity index (χ3v) is 9.73. The maximum atomic E-state index is 13.6. The average Bonchev–Trinajstić information content (AvgIpc) is 3.50. The molecule has 0 aliphatic heterocycles. The van der Waals surface area contributed by atoms with Crippen molar-refractivity contribution in [3.05, 3.63) is 125 Å². The Morgan fingerprint density at radius 1 is 0.633 bits per heavy atom. The predicted molar refractivity (Wildman–Crippen MR) is 188 cm³/mol. The molecule has 5 rings (SSSR count). The van der Waals surface area contributed by atoms with Crippen LogP contribution < -0.4 is 0 Å². The molecule has 1 aromatic heterocycles. The maximum Gasteiger partial charge on any atom is 0.335 e. The lowest BCUT2D eigenvalue weighted by atomic mass is 10.0. The van der Waals surface area contributed by atoms with Gasteiger partial charge in [-0.3, -0.25) is 0 Å². The van der Waals surface area contributed by atoms with Crippen molar-refractivity contribution in [3.63, 3.8) is 0 Å². The topological polar surface area (TPSA) is 171 Å². The van der Waals surface area contributed by atoms with Gasteiger partial charge in [-0.15, -0.1) is 5.10 Å². The summed E-state index contributed by atoms with van der Waals surface area (Å²) in [5.74, 6) is -1.57. The number of hydrogen-bond acceptors (Lipinski definition) is 6. The number of carboxylic acids is 2. The minimum atomic E-state index is -3.85. The molecule has 0 atom stereocenters. The summed E-state index contributed by atoms with van der Waals surface area (Å²) < 4.78 is 28.8. The lowest BCUT2D eigenvalue weighted by Gasteiger charge is -2.08. The van der Waals surface area contributed by atoms with Crippen LogP contribution >= 0.6 is 0 Å². The highest BCUT2D eigenvalue weighted by molar-refractivity contribution is 7.90. The van der Waals surface area contributed by atoms with Crippen molar-refractivity contribution in [2.24, 2.45) is 0 Å². The zero-order chi connectivity index (χ0) is 34.1. The molecule has 0 aliphatic carbocycles. The molecule has 0 unspecified atom stereocenters. The molecule has 0 bridgehead atoms. The highest BCUT2D eigenvalue weighted by Crippen LogP contribution is 2.24. The van der Waals surface area contributed by atoms with Crippen LogP contribution in [0.3, 0.4) is 0 Å². The average molecular weight is 684 g/mol. The fraction of sp³-hybridized carbons (Fsp3) is 0.263. The Morgan fingerprint density at radius 3 is 1.53 bits per heavy atom.